The quantitative estimate of drug-likeness (QED) is 0.0324. The maximum atomic E-state index is 12.4. The van der Waals surface area contributed by atoms with Crippen molar-refractivity contribution in [3.05, 3.63) is 36.5 Å². The number of carbonyl (C=O) groups is 2. The molecule has 0 aliphatic heterocycles. The third-order valence-electron chi connectivity index (χ3n) is 11.1. The summed E-state index contributed by atoms with van der Waals surface area (Å²) in [6.45, 7) is 4.78. The molecule has 6 nitrogen and oxygen atoms in total. The Morgan fingerprint density at radius 3 is 1.28 bits per heavy atom. The van der Waals surface area contributed by atoms with Crippen LogP contribution in [0.4, 0.5) is 0 Å². The van der Waals surface area contributed by atoms with Gasteiger partial charge in [0.1, 0.15) is 0 Å². The number of allylic oxidation sites excluding steroid dienone is 5. The summed E-state index contributed by atoms with van der Waals surface area (Å²) in [5.41, 5.74) is 0. The van der Waals surface area contributed by atoms with E-state index in [0.29, 0.717) is 19.4 Å². The van der Waals surface area contributed by atoms with Crippen molar-refractivity contribution in [1.29, 1.82) is 0 Å². The van der Waals surface area contributed by atoms with Crippen LogP contribution in [0.5, 0.6) is 0 Å². The molecule has 0 radical (unpaired) electrons. The number of aliphatic hydroxyl groups excluding tert-OH is 2. The largest absolute Gasteiger partial charge is 0.466 e. The molecular formula is C51H95NO5. The first kappa shape index (κ1) is 55.1. The number of esters is 1. The van der Waals surface area contributed by atoms with Crippen LogP contribution < -0.4 is 5.32 Å². The summed E-state index contributed by atoms with van der Waals surface area (Å²) in [5, 5.41) is 23.0. The van der Waals surface area contributed by atoms with E-state index in [-0.39, 0.29) is 18.5 Å². The van der Waals surface area contributed by atoms with Crippen molar-refractivity contribution in [1.82, 2.24) is 5.32 Å². The van der Waals surface area contributed by atoms with Gasteiger partial charge in [-0.25, -0.2) is 0 Å². The van der Waals surface area contributed by atoms with Gasteiger partial charge in [-0.1, -0.05) is 192 Å². The van der Waals surface area contributed by atoms with Crippen molar-refractivity contribution in [2.75, 3.05) is 13.2 Å². The van der Waals surface area contributed by atoms with Crippen molar-refractivity contribution in [3.8, 4) is 0 Å². The Morgan fingerprint density at radius 1 is 0.474 bits per heavy atom. The Morgan fingerprint density at radius 2 is 0.825 bits per heavy atom. The molecule has 6 heteroatoms. The van der Waals surface area contributed by atoms with Gasteiger partial charge in [0, 0.05) is 12.8 Å². The molecule has 2 unspecified atom stereocenters. The first-order valence-corrected chi connectivity index (χ1v) is 24.8. The average Bonchev–Trinajstić information content (AvgIpc) is 3.21. The van der Waals surface area contributed by atoms with Gasteiger partial charge < -0.3 is 20.3 Å². The first-order valence-electron chi connectivity index (χ1n) is 24.8. The van der Waals surface area contributed by atoms with Crippen molar-refractivity contribution < 1.29 is 24.5 Å². The van der Waals surface area contributed by atoms with E-state index < -0.39 is 12.1 Å². The molecule has 0 aromatic rings. The summed E-state index contributed by atoms with van der Waals surface area (Å²) in [6.07, 6.45) is 55.7. The van der Waals surface area contributed by atoms with Gasteiger partial charge in [-0.3, -0.25) is 9.59 Å². The molecule has 3 N–H and O–H groups in total. The van der Waals surface area contributed by atoms with E-state index in [4.69, 9.17) is 4.74 Å². The lowest BCUT2D eigenvalue weighted by atomic mass is 10.0. The molecule has 0 spiro atoms. The summed E-state index contributed by atoms with van der Waals surface area (Å²) in [4.78, 5) is 24.4. The van der Waals surface area contributed by atoms with E-state index in [1.807, 2.05) is 6.08 Å². The fraction of sp³-hybridized carbons (Fsp3) is 0.843. The number of carbonyl (C=O) groups excluding carboxylic acids is 2. The highest BCUT2D eigenvalue weighted by atomic mass is 16.5. The molecule has 0 saturated heterocycles. The Labute approximate surface area is 353 Å². The van der Waals surface area contributed by atoms with E-state index in [2.05, 4.69) is 43.5 Å². The van der Waals surface area contributed by atoms with Crippen LogP contribution in [0.2, 0.25) is 0 Å². The van der Waals surface area contributed by atoms with Crippen LogP contribution in [0.15, 0.2) is 36.5 Å². The molecule has 0 aliphatic carbocycles. The molecule has 0 aromatic heterocycles. The summed E-state index contributed by atoms with van der Waals surface area (Å²) in [5.74, 6) is -0.153. The minimum Gasteiger partial charge on any atom is -0.466 e. The van der Waals surface area contributed by atoms with Gasteiger partial charge >= 0.3 is 5.97 Å². The van der Waals surface area contributed by atoms with Gasteiger partial charge in [0.25, 0.3) is 0 Å². The molecule has 0 heterocycles. The van der Waals surface area contributed by atoms with Crippen LogP contribution in [0.25, 0.3) is 0 Å². The fourth-order valence-electron chi connectivity index (χ4n) is 7.27. The van der Waals surface area contributed by atoms with E-state index in [1.165, 1.54) is 148 Å². The number of aliphatic hydroxyl groups is 2. The molecule has 57 heavy (non-hydrogen) atoms. The molecule has 0 fully saturated rings. The molecule has 1 amide bonds. The minimum absolute atomic E-state index is 0.0490. The van der Waals surface area contributed by atoms with Crippen LogP contribution in [0.3, 0.4) is 0 Å². The van der Waals surface area contributed by atoms with E-state index >= 15 is 0 Å². The highest BCUT2D eigenvalue weighted by Gasteiger charge is 2.18. The normalized spacial score (nSPS) is 13.0. The third kappa shape index (κ3) is 43.5. The summed E-state index contributed by atoms with van der Waals surface area (Å²) >= 11 is 0. The monoisotopic (exact) mass is 802 g/mol. The number of hydrogen-bond donors (Lipinski definition) is 3. The second kappa shape index (κ2) is 46.8. The number of ether oxygens (including phenoxy) is 1. The van der Waals surface area contributed by atoms with Gasteiger partial charge in [0.05, 0.1) is 25.4 Å². The summed E-state index contributed by atoms with van der Waals surface area (Å²) < 4.78 is 5.41. The van der Waals surface area contributed by atoms with Crippen LogP contribution in [0, 0.1) is 0 Å². The molecule has 0 saturated carbocycles. The molecule has 334 valence electrons. The highest BCUT2D eigenvalue weighted by Crippen LogP contribution is 2.15. The predicted molar refractivity (Wildman–Crippen MR) is 246 cm³/mol. The zero-order valence-electron chi connectivity index (χ0n) is 37.8. The molecule has 2 atom stereocenters. The summed E-state index contributed by atoms with van der Waals surface area (Å²) in [7, 11) is 0. The van der Waals surface area contributed by atoms with E-state index in [9.17, 15) is 19.8 Å². The number of nitrogens with one attached hydrogen (secondary N) is 1. The van der Waals surface area contributed by atoms with Crippen molar-refractivity contribution in [2.24, 2.45) is 0 Å². The number of rotatable bonds is 45. The second-order valence-electron chi connectivity index (χ2n) is 16.8. The van der Waals surface area contributed by atoms with Crippen LogP contribution in [-0.4, -0.2) is 47.4 Å². The minimum atomic E-state index is -0.866. The molecule has 0 aromatic carbocycles. The Hall–Kier alpha value is -1.92. The van der Waals surface area contributed by atoms with Gasteiger partial charge in [0.15, 0.2) is 0 Å². The fourth-order valence-corrected chi connectivity index (χ4v) is 7.27. The standard InChI is InChI=1S/C51H95NO5/c1-3-5-7-9-11-13-15-17-18-19-20-21-22-23-27-31-35-39-43-49(54)48(47-53)52-50(55)44-40-36-32-28-25-26-30-34-38-42-46-57-51(56)45-41-37-33-29-24-16-14-12-10-8-6-4-2/h12,14,26,30,39,43,48-49,53-54H,3-11,13,15-25,27-29,31-38,40-42,44-47H2,1-2H3,(H,52,55)/b14-12-,30-26-,43-39+. The maximum absolute atomic E-state index is 12.4. The van der Waals surface area contributed by atoms with Gasteiger partial charge in [-0.2, -0.15) is 0 Å². The van der Waals surface area contributed by atoms with Crippen LogP contribution in [0.1, 0.15) is 251 Å². The third-order valence-corrected chi connectivity index (χ3v) is 11.1. The maximum Gasteiger partial charge on any atom is 0.305 e. The average molecular weight is 802 g/mol. The zero-order chi connectivity index (χ0) is 41.5. The van der Waals surface area contributed by atoms with Crippen molar-refractivity contribution in [3.63, 3.8) is 0 Å². The van der Waals surface area contributed by atoms with Crippen LogP contribution in [-0.2, 0) is 14.3 Å². The lowest BCUT2D eigenvalue weighted by Crippen LogP contribution is -2.45. The Balaban J connectivity index is 3.59. The lowest BCUT2D eigenvalue weighted by Gasteiger charge is -2.20. The molecule has 0 bridgehead atoms. The van der Waals surface area contributed by atoms with Crippen LogP contribution >= 0.6 is 0 Å². The predicted octanol–water partition coefficient (Wildman–Crippen LogP) is 14.5. The number of unbranched alkanes of at least 4 members (excludes halogenated alkanes) is 30. The first-order chi connectivity index (χ1) is 28.0. The van der Waals surface area contributed by atoms with Gasteiger partial charge in [0.2, 0.25) is 5.91 Å². The highest BCUT2D eigenvalue weighted by molar-refractivity contribution is 5.76. The molecule has 0 aliphatic rings. The van der Waals surface area contributed by atoms with Crippen molar-refractivity contribution >= 4 is 11.9 Å². The van der Waals surface area contributed by atoms with Gasteiger partial charge in [-0.05, 0) is 83.5 Å². The second-order valence-corrected chi connectivity index (χ2v) is 16.8. The SMILES string of the molecule is CCCCC/C=C\CCCCCCCC(=O)OCCCC/C=C\CCCCCCC(=O)NC(CO)C(O)/C=C/CCCCCCCCCCCCCCCCCC. The number of amides is 1. The summed E-state index contributed by atoms with van der Waals surface area (Å²) in [6, 6.07) is -0.654. The molecular weight excluding hydrogens is 707 g/mol. The Kier molecular flexibility index (Phi) is 45.2. The van der Waals surface area contributed by atoms with E-state index in [1.54, 1.807) is 6.08 Å². The lowest BCUT2D eigenvalue weighted by molar-refractivity contribution is -0.143. The van der Waals surface area contributed by atoms with Crippen molar-refractivity contribution in [2.45, 2.75) is 264 Å². The zero-order valence-corrected chi connectivity index (χ0v) is 37.8. The molecule has 0 rings (SSSR count). The number of hydrogen-bond acceptors (Lipinski definition) is 5. The Bertz CT molecular complexity index is 931. The topological polar surface area (TPSA) is 95.9 Å². The smallest absolute Gasteiger partial charge is 0.305 e. The van der Waals surface area contributed by atoms with E-state index in [0.717, 1.165) is 77.0 Å². The van der Waals surface area contributed by atoms with Gasteiger partial charge in [-0.15, -0.1) is 0 Å².